The first kappa shape index (κ1) is 10.6. The number of hydrogen-bond acceptors (Lipinski definition) is 4. The third-order valence-corrected chi connectivity index (χ3v) is 4.14. The Labute approximate surface area is 112 Å². The predicted octanol–water partition coefficient (Wildman–Crippen LogP) is 2.83. The number of hydrogen-bond donors (Lipinski definition) is 2. The summed E-state index contributed by atoms with van der Waals surface area (Å²) in [6.45, 7) is 2.07. The van der Waals surface area contributed by atoms with Gasteiger partial charge in [-0.15, -0.1) is 21.5 Å². The van der Waals surface area contributed by atoms with Crippen molar-refractivity contribution in [2.75, 3.05) is 5.73 Å². The number of thiazole rings is 1. The smallest absolute Gasteiger partial charge is 0.227 e. The molecule has 4 aromatic rings. The summed E-state index contributed by atoms with van der Waals surface area (Å²) < 4.78 is 1.90. The molecule has 3 N–H and O–H groups in total. The summed E-state index contributed by atoms with van der Waals surface area (Å²) in [5, 5.41) is 11.2. The molecule has 19 heavy (non-hydrogen) atoms. The molecule has 0 fully saturated rings. The van der Waals surface area contributed by atoms with Gasteiger partial charge in [-0.2, -0.15) is 0 Å². The Bertz CT molecular complexity index is 898. The molecule has 0 saturated heterocycles. The number of fused-ring (bicyclic) bond motifs is 2. The average Bonchev–Trinajstić information content (AvgIpc) is 3.04. The van der Waals surface area contributed by atoms with Crippen LogP contribution in [0.3, 0.4) is 0 Å². The van der Waals surface area contributed by atoms with Crippen molar-refractivity contribution in [1.29, 1.82) is 0 Å². The number of H-pyrrole nitrogens is 1. The van der Waals surface area contributed by atoms with Crippen LogP contribution in [0.5, 0.6) is 0 Å². The van der Waals surface area contributed by atoms with Gasteiger partial charge in [-0.25, -0.2) is 0 Å². The molecule has 5 nitrogen and oxygen atoms in total. The zero-order valence-corrected chi connectivity index (χ0v) is 11.0. The van der Waals surface area contributed by atoms with Gasteiger partial charge in [0.05, 0.1) is 5.69 Å². The van der Waals surface area contributed by atoms with Crippen LogP contribution in [0, 0.1) is 6.92 Å². The molecule has 0 saturated carbocycles. The molecule has 3 aromatic heterocycles. The lowest BCUT2D eigenvalue weighted by Crippen LogP contribution is -1.95. The lowest BCUT2D eigenvalue weighted by atomic mass is 10.1. The maximum absolute atomic E-state index is 5.91. The number of anilines is 1. The lowest BCUT2D eigenvalue weighted by molar-refractivity contribution is 1.12. The Morgan fingerprint density at radius 2 is 2.11 bits per heavy atom. The number of nitrogen functional groups attached to an aromatic ring is 1. The SMILES string of the molecule is Cc1[nH]c2ccccc2c1-c1csc2nnc(N)n12. The fourth-order valence-corrected chi connectivity index (χ4v) is 3.35. The predicted molar refractivity (Wildman–Crippen MR) is 77.3 cm³/mol. The van der Waals surface area contributed by atoms with Crippen LogP contribution in [0.25, 0.3) is 27.1 Å². The number of aromatic nitrogens is 4. The fraction of sp³-hybridized carbons (Fsp3) is 0.0769. The van der Waals surface area contributed by atoms with Crippen molar-refractivity contribution >= 4 is 33.1 Å². The van der Waals surface area contributed by atoms with Gasteiger partial charge in [-0.1, -0.05) is 18.2 Å². The summed E-state index contributed by atoms with van der Waals surface area (Å²) in [6, 6.07) is 8.25. The number of nitrogens with one attached hydrogen (secondary N) is 1. The molecule has 6 heteroatoms. The minimum atomic E-state index is 0.427. The van der Waals surface area contributed by atoms with Crippen LogP contribution in [-0.4, -0.2) is 19.6 Å². The van der Waals surface area contributed by atoms with Gasteiger partial charge < -0.3 is 10.7 Å². The van der Waals surface area contributed by atoms with Gasteiger partial charge in [0.2, 0.25) is 10.9 Å². The zero-order valence-electron chi connectivity index (χ0n) is 10.2. The van der Waals surface area contributed by atoms with Gasteiger partial charge in [0, 0.05) is 27.5 Å². The minimum absolute atomic E-state index is 0.427. The van der Waals surface area contributed by atoms with Gasteiger partial charge >= 0.3 is 0 Å². The van der Waals surface area contributed by atoms with Crippen LogP contribution in [0.1, 0.15) is 5.69 Å². The third-order valence-electron chi connectivity index (χ3n) is 3.32. The van der Waals surface area contributed by atoms with E-state index in [9.17, 15) is 0 Å². The summed E-state index contributed by atoms with van der Waals surface area (Å²) in [5.74, 6) is 0.427. The van der Waals surface area contributed by atoms with Crippen molar-refractivity contribution in [1.82, 2.24) is 19.6 Å². The van der Waals surface area contributed by atoms with E-state index in [4.69, 9.17) is 5.73 Å². The van der Waals surface area contributed by atoms with E-state index in [1.807, 2.05) is 16.5 Å². The van der Waals surface area contributed by atoms with Crippen molar-refractivity contribution < 1.29 is 0 Å². The topological polar surface area (TPSA) is 72.0 Å². The van der Waals surface area contributed by atoms with E-state index in [1.165, 1.54) is 5.39 Å². The normalized spacial score (nSPS) is 11.6. The van der Waals surface area contributed by atoms with Crippen LogP contribution in [0.2, 0.25) is 0 Å². The van der Waals surface area contributed by atoms with E-state index < -0.39 is 0 Å². The molecule has 0 spiro atoms. The standard InChI is InChI=1S/C13H11N5S/c1-7-11(8-4-2-3-5-9(8)15-7)10-6-19-13-17-16-12(14)18(10)13/h2-6,15H,1H3,(H2,14,16). The summed E-state index contributed by atoms with van der Waals surface area (Å²) in [6.07, 6.45) is 0. The number of rotatable bonds is 1. The average molecular weight is 269 g/mol. The van der Waals surface area contributed by atoms with Gasteiger partial charge in [-0.05, 0) is 13.0 Å². The van der Waals surface area contributed by atoms with Crippen molar-refractivity contribution in [2.45, 2.75) is 6.92 Å². The Balaban J connectivity index is 2.14. The second-order valence-electron chi connectivity index (χ2n) is 4.47. The first-order chi connectivity index (χ1) is 9.25. The van der Waals surface area contributed by atoms with E-state index >= 15 is 0 Å². The van der Waals surface area contributed by atoms with Crippen LogP contribution < -0.4 is 5.73 Å². The molecule has 0 bridgehead atoms. The molecule has 0 aliphatic carbocycles. The second kappa shape index (κ2) is 3.58. The second-order valence-corrected chi connectivity index (χ2v) is 5.30. The molecule has 0 atom stereocenters. The highest BCUT2D eigenvalue weighted by Gasteiger charge is 2.16. The monoisotopic (exact) mass is 269 g/mol. The highest BCUT2D eigenvalue weighted by Crippen LogP contribution is 2.35. The quantitative estimate of drug-likeness (QED) is 0.558. The van der Waals surface area contributed by atoms with E-state index in [0.717, 1.165) is 27.4 Å². The molecular weight excluding hydrogens is 258 g/mol. The molecule has 94 valence electrons. The van der Waals surface area contributed by atoms with Gasteiger partial charge in [0.1, 0.15) is 0 Å². The fourth-order valence-electron chi connectivity index (χ4n) is 2.52. The number of para-hydroxylation sites is 1. The Morgan fingerprint density at radius 1 is 1.26 bits per heavy atom. The Morgan fingerprint density at radius 3 is 3.00 bits per heavy atom. The van der Waals surface area contributed by atoms with Gasteiger partial charge in [-0.3, -0.25) is 4.40 Å². The summed E-state index contributed by atoms with van der Waals surface area (Å²) in [5.41, 5.74) is 10.4. The van der Waals surface area contributed by atoms with E-state index in [2.05, 4.69) is 39.6 Å². The molecular formula is C13H11N5S. The molecule has 0 radical (unpaired) electrons. The Kier molecular flexibility index (Phi) is 1.99. The lowest BCUT2D eigenvalue weighted by Gasteiger charge is -2.00. The number of nitrogens with zero attached hydrogens (tertiary/aromatic N) is 3. The summed E-state index contributed by atoms with van der Waals surface area (Å²) >= 11 is 1.55. The molecule has 3 heterocycles. The molecule has 0 unspecified atom stereocenters. The zero-order chi connectivity index (χ0) is 13.0. The summed E-state index contributed by atoms with van der Waals surface area (Å²) in [4.78, 5) is 4.22. The van der Waals surface area contributed by atoms with Crippen molar-refractivity contribution in [2.24, 2.45) is 0 Å². The van der Waals surface area contributed by atoms with Crippen molar-refractivity contribution in [3.63, 3.8) is 0 Å². The minimum Gasteiger partial charge on any atom is -0.368 e. The van der Waals surface area contributed by atoms with Crippen LogP contribution in [-0.2, 0) is 0 Å². The van der Waals surface area contributed by atoms with Crippen molar-refractivity contribution in [3.8, 4) is 11.3 Å². The highest BCUT2D eigenvalue weighted by atomic mass is 32.1. The maximum Gasteiger partial charge on any atom is 0.227 e. The van der Waals surface area contributed by atoms with Gasteiger partial charge in [0.25, 0.3) is 0 Å². The first-order valence-corrected chi connectivity index (χ1v) is 6.79. The largest absolute Gasteiger partial charge is 0.368 e. The highest BCUT2D eigenvalue weighted by molar-refractivity contribution is 7.15. The van der Waals surface area contributed by atoms with E-state index in [1.54, 1.807) is 11.3 Å². The Hall–Kier alpha value is -2.34. The van der Waals surface area contributed by atoms with Crippen LogP contribution >= 0.6 is 11.3 Å². The number of aryl methyl sites for hydroxylation is 1. The van der Waals surface area contributed by atoms with Gasteiger partial charge in [0.15, 0.2) is 0 Å². The molecule has 0 aliphatic rings. The number of nitrogens with two attached hydrogens (primary N) is 1. The summed E-state index contributed by atoms with van der Waals surface area (Å²) in [7, 11) is 0. The van der Waals surface area contributed by atoms with E-state index in [-0.39, 0.29) is 0 Å². The molecule has 1 aromatic carbocycles. The number of aromatic amines is 1. The van der Waals surface area contributed by atoms with Crippen LogP contribution in [0.15, 0.2) is 29.6 Å². The van der Waals surface area contributed by atoms with E-state index in [0.29, 0.717) is 5.95 Å². The molecule has 4 rings (SSSR count). The number of benzene rings is 1. The molecule has 0 amide bonds. The third kappa shape index (κ3) is 1.34. The molecule has 0 aliphatic heterocycles. The van der Waals surface area contributed by atoms with Crippen LogP contribution in [0.4, 0.5) is 5.95 Å². The maximum atomic E-state index is 5.91. The first-order valence-electron chi connectivity index (χ1n) is 5.91. The van der Waals surface area contributed by atoms with Crippen molar-refractivity contribution in [3.05, 3.63) is 35.3 Å².